The fourth-order valence-corrected chi connectivity index (χ4v) is 2.94. The van der Waals surface area contributed by atoms with E-state index in [9.17, 15) is 10.2 Å². The lowest BCUT2D eigenvalue weighted by Crippen LogP contribution is -2.42. The number of nitrogens with zero attached hydrogens (tertiary/aromatic N) is 2. The van der Waals surface area contributed by atoms with Crippen LogP contribution in [-0.4, -0.2) is 28.3 Å². The van der Waals surface area contributed by atoms with Crippen molar-refractivity contribution >= 4 is 11.4 Å². The summed E-state index contributed by atoms with van der Waals surface area (Å²) in [5.41, 5.74) is 1.64. The Balaban J connectivity index is 2.21. The van der Waals surface area contributed by atoms with Gasteiger partial charge in [0, 0.05) is 5.71 Å². The van der Waals surface area contributed by atoms with Gasteiger partial charge in [-0.05, 0) is 25.0 Å². The third-order valence-electron chi connectivity index (χ3n) is 4.24. The summed E-state index contributed by atoms with van der Waals surface area (Å²) in [5.74, 6) is -0.129. The summed E-state index contributed by atoms with van der Waals surface area (Å²) in [5, 5.41) is 27.1. The number of rotatable bonds is 5. The second-order valence-electron chi connectivity index (χ2n) is 5.43. The number of hydrogen-bond acceptors (Lipinski definition) is 4. The molecular formula is C16H24N2O2. The Morgan fingerprint density at radius 3 is 2.35 bits per heavy atom. The SMILES string of the molecule is CCC(CC)C(O)C1C(C)=NN(c2ccccc2)C1O. The van der Waals surface area contributed by atoms with Crippen LogP contribution in [0.5, 0.6) is 0 Å². The van der Waals surface area contributed by atoms with Crippen LogP contribution >= 0.6 is 0 Å². The highest BCUT2D eigenvalue weighted by molar-refractivity contribution is 5.89. The zero-order valence-corrected chi connectivity index (χ0v) is 12.4. The highest BCUT2D eigenvalue weighted by Crippen LogP contribution is 2.32. The number of anilines is 1. The Morgan fingerprint density at radius 1 is 1.20 bits per heavy atom. The third-order valence-corrected chi connectivity index (χ3v) is 4.24. The molecule has 0 spiro atoms. The summed E-state index contributed by atoms with van der Waals surface area (Å²) in [6, 6.07) is 9.58. The molecule has 2 N–H and O–H groups in total. The molecule has 2 rings (SSSR count). The maximum Gasteiger partial charge on any atom is 0.158 e. The fourth-order valence-electron chi connectivity index (χ4n) is 2.94. The molecule has 3 atom stereocenters. The quantitative estimate of drug-likeness (QED) is 0.869. The average Bonchev–Trinajstić information content (AvgIpc) is 2.76. The second-order valence-corrected chi connectivity index (χ2v) is 5.43. The van der Waals surface area contributed by atoms with E-state index in [1.165, 1.54) is 0 Å². The number of hydrogen-bond donors (Lipinski definition) is 2. The first kappa shape index (κ1) is 15.0. The molecule has 0 amide bonds. The highest BCUT2D eigenvalue weighted by Gasteiger charge is 2.41. The molecule has 1 heterocycles. The number of hydrazone groups is 1. The number of para-hydroxylation sites is 1. The maximum atomic E-state index is 10.5. The third kappa shape index (κ3) is 2.72. The molecule has 4 nitrogen and oxygen atoms in total. The molecule has 4 heteroatoms. The normalized spacial score (nSPS) is 24.1. The molecule has 110 valence electrons. The minimum atomic E-state index is -0.798. The van der Waals surface area contributed by atoms with Crippen molar-refractivity contribution in [3.8, 4) is 0 Å². The summed E-state index contributed by atoms with van der Waals surface area (Å²) in [6.45, 7) is 6.02. The van der Waals surface area contributed by atoms with Crippen LogP contribution in [0.4, 0.5) is 5.69 Å². The van der Waals surface area contributed by atoms with Crippen LogP contribution in [0, 0.1) is 11.8 Å². The first-order valence-corrected chi connectivity index (χ1v) is 7.35. The van der Waals surface area contributed by atoms with Gasteiger partial charge in [-0.15, -0.1) is 0 Å². The first-order valence-electron chi connectivity index (χ1n) is 7.35. The van der Waals surface area contributed by atoms with Gasteiger partial charge in [-0.3, -0.25) is 0 Å². The van der Waals surface area contributed by atoms with Gasteiger partial charge in [0.2, 0.25) is 0 Å². The van der Waals surface area contributed by atoms with Crippen molar-refractivity contribution in [2.45, 2.75) is 45.9 Å². The van der Waals surface area contributed by atoms with Gasteiger partial charge in [0.15, 0.2) is 6.23 Å². The molecule has 0 radical (unpaired) electrons. The summed E-state index contributed by atoms with van der Waals surface area (Å²) in [7, 11) is 0. The van der Waals surface area contributed by atoms with Gasteiger partial charge < -0.3 is 10.2 Å². The maximum absolute atomic E-state index is 10.5. The zero-order chi connectivity index (χ0) is 14.7. The van der Waals surface area contributed by atoms with Gasteiger partial charge in [-0.1, -0.05) is 44.9 Å². The lowest BCUT2D eigenvalue weighted by Gasteiger charge is -2.30. The van der Waals surface area contributed by atoms with Crippen LogP contribution in [0.2, 0.25) is 0 Å². The molecule has 1 aliphatic heterocycles. The summed E-state index contributed by atoms with van der Waals surface area (Å²) < 4.78 is 0. The number of aliphatic hydroxyl groups excluding tert-OH is 2. The van der Waals surface area contributed by atoms with E-state index in [-0.39, 0.29) is 11.8 Å². The Hall–Kier alpha value is -1.39. The van der Waals surface area contributed by atoms with E-state index in [2.05, 4.69) is 18.9 Å². The van der Waals surface area contributed by atoms with Gasteiger partial charge in [-0.25, -0.2) is 5.01 Å². The van der Waals surface area contributed by atoms with Crippen LogP contribution in [0.15, 0.2) is 35.4 Å². The van der Waals surface area contributed by atoms with Gasteiger partial charge >= 0.3 is 0 Å². The van der Waals surface area contributed by atoms with Crippen LogP contribution in [0.1, 0.15) is 33.6 Å². The van der Waals surface area contributed by atoms with E-state index >= 15 is 0 Å². The predicted octanol–water partition coefficient (Wildman–Crippen LogP) is 2.61. The molecule has 0 bridgehead atoms. The van der Waals surface area contributed by atoms with Crippen molar-refractivity contribution < 1.29 is 10.2 Å². The van der Waals surface area contributed by atoms with Gasteiger partial charge in [0.25, 0.3) is 0 Å². The van der Waals surface area contributed by atoms with E-state index in [0.717, 1.165) is 24.2 Å². The van der Waals surface area contributed by atoms with Crippen LogP contribution in [0.3, 0.4) is 0 Å². The zero-order valence-electron chi connectivity index (χ0n) is 12.4. The van der Waals surface area contributed by atoms with Crippen LogP contribution in [0.25, 0.3) is 0 Å². The van der Waals surface area contributed by atoms with Crippen LogP contribution in [-0.2, 0) is 0 Å². The summed E-state index contributed by atoms with van der Waals surface area (Å²) in [6.07, 6.45) is 0.449. The monoisotopic (exact) mass is 276 g/mol. The van der Waals surface area contributed by atoms with Crippen molar-refractivity contribution in [3.63, 3.8) is 0 Å². The van der Waals surface area contributed by atoms with E-state index in [4.69, 9.17) is 0 Å². The fraction of sp³-hybridized carbons (Fsp3) is 0.562. The molecule has 0 fully saturated rings. The molecule has 1 aliphatic rings. The van der Waals surface area contributed by atoms with Crippen molar-refractivity contribution in [1.29, 1.82) is 0 Å². The van der Waals surface area contributed by atoms with E-state index in [1.807, 2.05) is 37.3 Å². The molecular weight excluding hydrogens is 252 g/mol. The number of aliphatic hydroxyl groups is 2. The van der Waals surface area contributed by atoms with Crippen molar-refractivity contribution in [2.75, 3.05) is 5.01 Å². The molecule has 1 aromatic rings. The first-order chi connectivity index (χ1) is 9.60. The lowest BCUT2D eigenvalue weighted by molar-refractivity contribution is 0.0155. The van der Waals surface area contributed by atoms with E-state index in [1.54, 1.807) is 5.01 Å². The topological polar surface area (TPSA) is 56.1 Å². The Morgan fingerprint density at radius 2 is 1.80 bits per heavy atom. The average molecular weight is 276 g/mol. The Bertz CT molecular complexity index is 457. The summed E-state index contributed by atoms with van der Waals surface area (Å²) >= 11 is 0. The van der Waals surface area contributed by atoms with Gasteiger partial charge in [-0.2, -0.15) is 5.10 Å². The smallest absolute Gasteiger partial charge is 0.158 e. The molecule has 0 saturated carbocycles. The molecule has 0 aromatic heterocycles. The van der Waals surface area contributed by atoms with Crippen LogP contribution < -0.4 is 5.01 Å². The summed E-state index contributed by atoms with van der Waals surface area (Å²) in [4.78, 5) is 0. The van der Waals surface area contributed by atoms with Crippen molar-refractivity contribution in [1.82, 2.24) is 0 Å². The van der Waals surface area contributed by atoms with E-state index in [0.29, 0.717) is 0 Å². The van der Waals surface area contributed by atoms with Crippen molar-refractivity contribution in [3.05, 3.63) is 30.3 Å². The van der Waals surface area contributed by atoms with Crippen molar-refractivity contribution in [2.24, 2.45) is 16.9 Å². The Labute approximate surface area is 120 Å². The molecule has 1 aromatic carbocycles. The molecule has 0 aliphatic carbocycles. The predicted molar refractivity (Wildman–Crippen MR) is 81.6 cm³/mol. The van der Waals surface area contributed by atoms with Gasteiger partial charge in [0.05, 0.1) is 17.7 Å². The second kappa shape index (κ2) is 6.37. The Kier molecular flexibility index (Phi) is 4.78. The molecule has 20 heavy (non-hydrogen) atoms. The minimum Gasteiger partial charge on any atom is -0.392 e. The largest absolute Gasteiger partial charge is 0.392 e. The highest BCUT2D eigenvalue weighted by atomic mass is 16.3. The van der Waals surface area contributed by atoms with Gasteiger partial charge in [0.1, 0.15) is 0 Å². The molecule has 0 saturated heterocycles. The van der Waals surface area contributed by atoms with E-state index < -0.39 is 12.3 Å². The molecule has 3 unspecified atom stereocenters. The standard InChI is InChI=1S/C16H24N2O2/c1-4-12(5-2)15(19)14-11(3)17-18(16(14)20)13-9-7-6-8-10-13/h6-10,12,14-16,19-20H,4-5H2,1-3H3. The lowest BCUT2D eigenvalue weighted by atomic mass is 9.84. The number of benzene rings is 1. The minimum absolute atomic E-state index is 0.190.